The van der Waals surface area contributed by atoms with Crippen molar-refractivity contribution in [1.82, 2.24) is 24.6 Å². The number of benzene rings is 2. The fourth-order valence-electron chi connectivity index (χ4n) is 4.74. The number of nitrogens with zero attached hydrogens (tertiary/aromatic N) is 5. The Morgan fingerprint density at radius 3 is 2.53 bits per heavy atom. The number of anilines is 1. The molecule has 36 heavy (non-hydrogen) atoms. The van der Waals surface area contributed by atoms with E-state index in [9.17, 15) is 4.79 Å². The summed E-state index contributed by atoms with van der Waals surface area (Å²) < 4.78 is 7.81. The maximum absolute atomic E-state index is 12.9. The van der Waals surface area contributed by atoms with Crippen molar-refractivity contribution >= 4 is 22.8 Å². The molecule has 2 aromatic heterocycles. The number of aromatic nitrogens is 4. The molecule has 1 aliphatic rings. The number of nitrogen functional groups attached to an aromatic ring is 1. The number of carbonyl (C=O) groups is 1. The van der Waals surface area contributed by atoms with E-state index in [0.717, 1.165) is 23.5 Å². The molecule has 1 fully saturated rings. The third kappa shape index (κ3) is 4.74. The number of ether oxygens (including phenoxy) is 1. The van der Waals surface area contributed by atoms with Gasteiger partial charge in [0.1, 0.15) is 29.3 Å². The average Bonchev–Trinajstić information content (AvgIpc) is 3.50. The van der Waals surface area contributed by atoms with E-state index in [1.54, 1.807) is 0 Å². The number of carbonyl (C=O) groups excluding carboxylic acids is 1. The molecule has 4 aromatic rings. The molecule has 3 heterocycles. The molecule has 186 valence electrons. The summed E-state index contributed by atoms with van der Waals surface area (Å²) in [4.78, 5) is 23.4. The van der Waals surface area contributed by atoms with Crippen LogP contribution in [0.15, 0.2) is 60.9 Å². The van der Waals surface area contributed by atoms with Crippen LogP contribution in [0.3, 0.4) is 0 Å². The Balaban J connectivity index is 1.42. The fraction of sp³-hybridized carbons (Fsp3) is 0.333. The topological polar surface area (TPSA) is 125 Å². The van der Waals surface area contributed by atoms with Crippen LogP contribution in [-0.4, -0.2) is 49.7 Å². The van der Waals surface area contributed by atoms with Gasteiger partial charge in [0.2, 0.25) is 5.91 Å². The van der Waals surface area contributed by atoms with E-state index in [2.05, 4.69) is 23.8 Å². The van der Waals surface area contributed by atoms with Crippen LogP contribution >= 0.6 is 0 Å². The van der Waals surface area contributed by atoms with E-state index >= 15 is 0 Å². The lowest BCUT2D eigenvalue weighted by molar-refractivity contribution is -0.132. The third-order valence-electron chi connectivity index (χ3n) is 6.49. The lowest BCUT2D eigenvalue weighted by atomic mass is 10.0. The van der Waals surface area contributed by atoms with E-state index in [0.29, 0.717) is 48.0 Å². The number of amides is 1. The maximum atomic E-state index is 12.9. The van der Waals surface area contributed by atoms with Gasteiger partial charge in [0.25, 0.3) is 0 Å². The minimum absolute atomic E-state index is 0.00831. The largest absolute Gasteiger partial charge is 0.457 e. The van der Waals surface area contributed by atoms with Gasteiger partial charge >= 0.3 is 0 Å². The van der Waals surface area contributed by atoms with Gasteiger partial charge in [-0.2, -0.15) is 5.10 Å². The molecule has 0 bridgehead atoms. The first-order chi connectivity index (χ1) is 17.4. The van der Waals surface area contributed by atoms with Gasteiger partial charge in [-0.1, -0.05) is 32.0 Å². The summed E-state index contributed by atoms with van der Waals surface area (Å²) in [6.07, 6.45) is 2.89. The Hall–Kier alpha value is -3.98. The van der Waals surface area contributed by atoms with Gasteiger partial charge in [0.05, 0.1) is 17.5 Å². The van der Waals surface area contributed by atoms with Crippen LogP contribution in [0, 0.1) is 5.92 Å². The van der Waals surface area contributed by atoms with E-state index in [-0.39, 0.29) is 11.9 Å². The molecule has 4 N–H and O–H groups in total. The van der Waals surface area contributed by atoms with E-state index in [4.69, 9.17) is 21.3 Å². The predicted octanol–water partition coefficient (Wildman–Crippen LogP) is 4.01. The van der Waals surface area contributed by atoms with Crippen LogP contribution in [0.5, 0.6) is 11.5 Å². The quantitative estimate of drug-likeness (QED) is 0.405. The summed E-state index contributed by atoms with van der Waals surface area (Å²) in [5.74, 6) is 2.22. The zero-order chi connectivity index (χ0) is 25.2. The monoisotopic (exact) mass is 485 g/mol. The van der Waals surface area contributed by atoms with Gasteiger partial charge in [-0.25, -0.2) is 14.6 Å². The van der Waals surface area contributed by atoms with Crippen LogP contribution in [0.2, 0.25) is 0 Å². The summed E-state index contributed by atoms with van der Waals surface area (Å²) in [5.41, 5.74) is 14.7. The van der Waals surface area contributed by atoms with Crippen LogP contribution in [0.1, 0.15) is 32.7 Å². The molecular formula is C27H31N7O2. The minimum atomic E-state index is -0.483. The van der Waals surface area contributed by atoms with Gasteiger partial charge in [-0.05, 0) is 55.2 Å². The van der Waals surface area contributed by atoms with Crippen molar-refractivity contribution < 1.29 is 9.53 Å². The highest BCUT2D eigenvalue weighted by molar-refractivity contribution is 5.98. The normalized spacial score (nSPS) is 16.6. The first-order valence-electron chi connectivity index (χ1n) is 12.3. The zero-order valence-corrected chi connectivity index (χ0v) is 20.5. The number of rotatable bonds is 7. The molecule has 5 rings (SSSR count). The molecule has 9 nitrogen and oxygen atoms in total. The highest BCUT2D eigenvalue weighted by atomic mass is 16.5. The smallest absolute Gasteiger partial charge is 0.239 e. The standard InChI is InChI=1S/C27H31N7O2/c1-17(2)14-22(28)27(35)33-13-12-19(15-33)34-26-23(25(29)30-16-31-26)24(32-34)18-8-10-21(11-9-18)36-20-6-4-3-5-7-20/h3-11,16-17,19,22H,12-15,28H2,1-2H3,(H2,29,30,31). The van der Waals surface area contributed by atoms with Crippen molar-refractivity contribution in [2.75, 3.05) is 18.8 Å². The Labute approximate surface area is 210 Å². The third-order valence-corrected chi connectivity index (χ3v) is 6.49. The molecule has 0 spiro atoms. The van der Waals surface area contributed by atoms with Crippen molar-refractivity contribution in [2.24, 2.45) is 11.7 Å². The zero-order valence-electron chi connectivity index (χ0n) is 20.5. The van der Waals surface area contributed by atoms with Crippen molar-refractivity contribution in [3.63, 3.8) is 0 Å². The Bertz CT molecular complexity index is 1350. The fourth-order valence-corrected chi connectivity index (χ4v) is 4.74. The van der Waals surface area contributed by atoms with Gasteiger partial charge in [0.15, 0.2) is 5.65 Å². The van der Waals surface area contributed by atoms with Gasteiger partial charge in [-0.3, -0.25) is 4.79 Å². The molecule has 1 saturated heterocycles. The van der Waals surface area contributed by atoms with E-state index < -0.39 is 6.04 Å². The maximum Gasteiger partial charge on any atom is 0.239 e. The molecule has 1 aliphatic heterocycles. The Morgan fingerprint density at radius 2 is 1.81 bits per heavy atom. The second kappa shape index (κ2) is 9.94. The lowest BCUT2D eigenvalue weighted by Gasteiger charge is -2.22. The van der Waals surface area contributed by atoms with Crippen LogP contribution in [0.4, 0.5) is 5.82 Å². The van der Waals surface area contributed by atoms with Gasteiger partial charge in [0, 0.05) is 18.7 Å². The van der Waals surface area contributed by atoms with Crippen molar-refractivity contribution in [2.45, 2.75) is 38.8 Å². The van der Waals surface area contributed by atoms with Crippen molar-refractivity contribution in [1.29, 1.82) is 0 Å². The van der Waals surface area contributed by atoms with E-state index in [1.807, 2.05) is 64.2 Å². The second-order valence-corrected chi connectivity index (χ2v) is 9.65. The number of hydrogen-bond acceptors (Lipinski definition) is 7. The highest BCUT2D eigenvalue weighted by Crippen LogP contribution is 2.35. The lowest BCUT2D eigenvalue weighted by Crippen LogP contribution is -2.43. The molecule has 9 heteroatoms. The van der Waals surface area contributed by atoms with Crippen molar-refractivity contribution in [3.05, 3.63) is 60.9 Å². The second-order valence-electron chi connectivity index (χ2n) is 9.65. The first kappa shape index (κ1) is 23.7. The number of likely N-dealkylation sites (tertiary alicyclic amines) is 1. The van der Waals surface area contributed by atoms with Crippen molar-refractivity contribution in [3.8, 4) is 22.8 Å². The summed E-state index contributed by atoms with van der Waals surface area (Å²) in [6.45, 7) is 5.32. The van der Waals surface area contributed by atoms with Crippen LogP contribution in [0.25, 0.3) is 22.3 Å². The van der Waals surface area contributed by atoms with Gasteiger partial charge in [-0.15, -0.1) is 0 Å². The molecular weight excluding hydrogens is 454 g/mol. The summed E-state index contributed by atoms with van der Waals surface area (Å²) in [6, 6.07) is 16.8. The molecule has 2 atom stereocenters. The first-order valence-corrected chi connectivity index (χ1v) is 12.3. The predicted molar refractivity (Wildman–Crippen MR) is 139 cm³/mol. The summed E-state index contributed by atoms with van der Waals surface area (Å²) in [5, 5.41) is 5.63. The van der Waals surface area contributed by atoms with Crippen LogP contribution < -0.4 is 16.2 Å². The molecule has 0 radical (unpaired) electrons. The highest BCUT2D eigenvalue weighted by Gasteiger charge is 2.33. The molecule has 0 saturated carbocycles. The average molecular weight is 486 g/mol. The molecule has 1 amide bonds. The van der Waals surface area contributed by atoms with Gasteiger partial charge < -0.3 is 21.1 Å². The SMILES string of the molecule is CC(C)CC(N)C(=O)N1CCC(n2nc(-c3ccc(Oc4ccccc4)cc3)c3c(N)ncnc32)C1. The number of nitrogens with two attached hydrogens (primary N) is 2. The van der Waals surface area contributed by atoms with Crippen LogP contribution in [-0.2, 0) is 4.79 Å². The number of fused-ring (bicyclic) bond motifs is 1. The summed E-state index contributed by atoms with van der Waals surface area (Å²) in [7, 11) is 0. The van der Waals surface area contributed by atoms with E-state index in [1.165, 1.54) is 6.33 Å². The minimum Gasteiger partial charge on any atom is -0.457 e. The number of para-hydroxylation sites is 1. The molecule has 2 aromatic carbocycles. The molecule has 2 unspecified atom stereocenters. The molecule has 0 aliphatic carbocycles. The Kier molecular flexibility index (Phi) is 6.56. The summed E-state index contributed by atoms with van der Waals surface area (Å²) >= 11 is 0. The number of hydrogen-bond donors (Lipinski definition) is 2. The Morgan fingerprint density at radius 1 is 1.08 bits per heavy atom.